The van der Waals surface area contributed by atoms with E-state index in [9.17, 15) is 8.63 Å². The molecule has 0 fully saturated rings. The average Bonchev–Trinajstić information content (AvgIpc) is 1.63. The molecule has 0 amide bonds. The molecule has 82 valence electrons. The third-order valence-electron chi connectivity index (χ3n) is 0.183. The molecule has 0 aliphatic carbocycles. The quantitative estimate of drug-likeness (QED) is 0.226. The van der Waals surface area contributed by atoms with E-state index < -0.39 is 19.4 Å². The van der Waals surface area contributed by atoms with Gasteiger partial charge < -0.3 is 33.7 Å². The Morgan fingerprint density at radius 3 is 1.00 bits per heavy atom. The van der Waals surface area contributed by atoms with E-state index in [4.69, 9.17) is 24.8 Å². The predicted octanol–water partition coefficient (Wildman–Crippen LogP) is -0.456. The summed E-state index contributed by atoms with van der Waals surface area (Å²) in [5, 5.41) is 21.5. The molecule has 0 radical (unpaired) electrons. The zero-order chi connectivity index (χ0) is 8.73. The Labute approximate surface area is 72.5 Å². The molecule has 0 saturated carbocycles. The van der Waals surface area contributed by atoms with Gasteiger partial charge in [0.25, 0.3) is 0 Å². The van der Waals surface area contributed by atoms with Crippen molar-refractivity contribution in [3.05, 3.63) is 0 Å². The van der Waals surface area contributed by atoms with Gasteiger partial charge in [0, 0.05) is 0 Å². The van der Waals surface area contributed by atoms with Crippen molar-refractivity contribution in [2.45, 2.75) is 0 Å². The van der Waals surface area contributed by atoms with Crippen LogP contribution in [0.1, 0.15) is 0 Å². The first-order chi connectivity index (χ1) is 4.37. The van der Waals surface area contributed by atoms with Crippen LogP contribution in [0.3, 0.4) is 0 Å². The Balaban J connectivity index is -0.0000000279. The molecule has 0 saturated heterocycles. The van der Waals surface area contributed by atoms with Crippen LogP contribution >= 0.6 is 0 Å². The molecule has 11 heteroatoms. The van der Waals surface area contributed by atoms with Gasteiger partial charge in [-0.3, -0.25) is 8.63 Å². The minimum absolute atomic E-state index is 0. The molecule has 0 aliphatic heterocycles. The van der Waals surface area contributed by atoms with E-state index in [-0.39, 0.29) is 18.5 Å². The highest BCUT2D eigenvalue weighted by molar-refractivity contribution is 6.32. The van der Waals surface area contributed by atoms with Crippen molar-refractivity contribution in [2.75, 3.05) is 0 Å². The van der Waals surface area contributed by atoms with Gasteiger partial charge in [0.1, 0.15) is 0 Å². The van der Waals surface area contributed by atoms with Crippen LogP contribution < -0.4 is 18.5 Å². The number of aliphatic carboxylic acids is 2. The van der Waals surface area contributed by atoms with Crippen LogP contribution in [-0.4, -0.2) is 34.6 Å². The van der Waals surface area contributed by atoms with Gasteiger partial charge in [0.05, 0.1) is 0 Å². The summed E-state index contributed by atoms with van der Waals surface area (Å²) in [5.74, 6) is -3.65. The first-order valence-electron chi connectivity index (χ1n) is 1.80. The Kier molecular flexibility index (Phi) is 39.0. The van der Waals surface area contributed by atoms with Crippen LogP contribution in [0, 0.1) is 0 Å². The minimum atomic E-state index is -3.17. The summed E-state index contributed by atoms with van der Waals surface area (Å²) in [6.45, 7) is 0. The van der Waals surface area contributed by atoms with Gasteiger partial charge in [0.15, 0.2) is 0 Å². The number of carbonyl (C=O) groups is 2. The van der Waals surface area contributed by atoms with E-state index in [1.54, 1.807) is 0 Å². The van der Waals surface area contributed by atoms with E-state index in [0.29, 0.717) is 0 Å². The summed E-state index contributed by atoms with van der Waals surface area (Å²) < 4.78 is 19.8. The highest BCUT2D eigenvalue weighted by atomic mass is 19.2. The number of halogens is 2. The third kappa shape index (κ3) is 111. The monoisotopic (exact) mass is 207 g/mol. The number of hydrogen-bond acceptors (Lipinski definition) is 6. The lowest BCUT2D eigenvalue weighted by atomic mass is 10.4. The maximum Gasteiger partial charge on any atom is 0.718 e. The summed E-state index contributed by atoms with van der Waals surface area (Å²) >= 11 is 0. The average molecular weight is 207 g/mol. The van der Waals surface area contributed by atoms with E-state index >= 15 is 0 Å². The highest BCUT2D eigenvalue weighted by Crippen LogP contribution is 1.70. The van der Waals surface area contributed by atoms with Crippen molar-refractivity contribution in [2.24, 2.45) is 0 Å². The molecule has 13 heavy (non-hydrogen) atoms. The Hall–Kier alpha value is -1.30. The van der Waals surface area contributed by atoms with Crippen LogP contribution in [0.15, 0.2) is 0 Å². The molecule has 0 aliphatic rings. The molecule has 0 heterocycles. The molecule has 0 rings (SSSR count). The van der Waals surface area contributed by atoms with E-state index in [1.165, 1.54) is 0 Å². The topological polar surface area (TPSA) is 200 Å². The molecular weight excluding hydrogens is 195 g/mol. The zero-order valence-corrected chi connectivity index (χ0v) is 6.61. The van der Waals surface area contributed by atoms with Gasteiger partial charge in [-0.25, -0.2) is 9.59 Å². The fourth-order valence-electron chi connectivity index (χ4n) is 0. The van der Waals surface area contributed by atoms with Crippen LogP contribution in [0.5, 0.6) is 0 Å². The number of hydrogen-bond donors (Lipinski definition) is 6. The van der Waals surface area contributed by atoms with Crippen molar-refractivity contribution in [3.63, 3.8) is 0 Å². The van der Waals surface area contributed by atoms with Crippen molar-refractivity contribution in [3.8, 4) is 0 Å². The van der Waals surface area contributed by atoms with E-state index in [1.807, 2.05) is 0 Å². The lowest BCUT2D eigenvalue weighted by molar-refractivity contribution is -0.159. The van der Waals surface area contributed by atoms with Crippen molar-refractivity contribution >= 4 is 19.4 Å². The molecule has 8 nitrogen and oxygen atoms in total. The molecule has 0 unspecified atom stereocenters. The van der Waals surface area contributed by atoms with Gasteiger partial charge in [-0.1, -0.05) is 0 Å². The summed E-state index contributed by atoms with van der Waals surface area (Å²) in [7, 11) is -3.17. The molecule has 0 aromatic carbocycles. The lowest BCUT2D eigenvalue weighted by Gasteiger charge is -1.72. The normalized spacial score (nSPS) is 5.46. The van der Waals surface area contributed by atoms with Gasteiger partial charge in [-0.15, -0.1) is 0 Å². The fraction of sp³-hybridized carbons (Fsp3) is 0. The number of rotatable bonds is 0. The second kappa shape index (κ2) is 17.0. The predicted molar refractivity (Wildman–Crippen MR) is 40.5 cm³/mol. The first kappa shape index (κ1) is 29.8. The van der Waals surface area contributed by atoms with Crippen LogP contribution in [-0.2, 0) is 9.59 Å². The third-order valence-corrected chi connectivity index (χ3v) is 0.183. The van der Waals surface area contributed by atoms with Crippen molar-refractivity contribution in [1.82, 2.24) is 18.5 Å². The molecule has 0 spiro atoms. The number of carboxylic acids is 2. The second-order valence-corrected chi connectivity index (χ2v) is 0.888. The van der Waals surface area contributed by atoms with Crippen LogP contribution in [0.2, 0.25) is 0 Å². The molecule has 12 N–H and O–H groups in total. The highest BCUT2D eigenvalue weighted by Gasteiger charge is 2.04. The zero-order valence-electron chi connectivity index (χ0n) is 6.61. The molecule has 0 atom stereocenters. The van der Waals surface area contributed by atoms with Gasteiger partial charge in [-0.2, -0.15) is 0 Å². The van der Waals surface area contributed by atoms with Crippen molar-refractivity contribution < 1.29 is 33.5 Å². The smallest absolute Gasteiger partial charge is 0.473 e. The van der Waals surface area contributed by atoms with E-state index in [0.717, 1.165) is 0 Å². The van der Waals surface area contributed by atoms with E-state index in [2.05, 4.69) is 0 Å². The standard InChI is InChI=1S/C2H2O4.BF2HO.3H3N/c3-1(4)2(5)6;2-1(3)4;;;/h(H,3,4)(H,5,6);4H;3*1H3. The summed E-state index contributed by atoms with van der Waals surface area (Å²) in [6.07, 6.45) is 0. The molecule has 0 aromatic rings. The van der Waals surface area contributed by atoms with Crippen LogP contribution in [0.25, 0.3) is 0 Å². The fourth-order valence-corrected chi connectivity index (χ4v) is 0. The summed E-state index contributed by atoms with van der Waals surface area (Å²) in [4.78, 5) is 18.2. The van der Waals surface area contributed by atoms with Crippen LogP contribution in [0.4, 0.5) is 8.63 Å². The van der Waals surface area contributed by atoms with Gasteiger partial charge in [0.2, 0.25) is 0 Å². The maximum atomic E-state index is 9.89. The second-order valence-electron chi connectivity index (χ2n) is 0.888. The van der Waals surface area contributed by atoms with Crippen molar-refractivity contribution in [1.29, 1.82) is 0 Å². The molecule has 0 aromatic heterocycles. The first-order valence-corrected chi connectivity index (χ1v) is 1.80. The summed E-state index contributed by atoms with van der Waals surface area (Å²) in [6, 6.07) is 0. The lowest BCUT2D eigenvalue weighted by Crippen LogP contribution is -2.09. The molecule has 0 bridgehead atoms. The minimum Gasteiger partial charge on any atom is -0.473 e. The van der Waals surface area contributed by atoms with Gasteiger partial charge in [-0.05, 0) is 0 Å². The number of carboxylic acid groups (broad SMARTS) is 2. The summed E-state index contributed by atoms with van der Waals surface area (Å²) in [5.41, 5.74) is 0. The molecular formula is C2H12BF2N3O5. The Morgan fingerprint density at radius 1 is 0.923 bits per heavy atom. The Bertz CT molecular complexity index is 120. The maximum absolute atomic E-state index is 9.89. The van der Waals surface area contributed by atoms with Gasteiger partial charge >= 0.3 is 19.4 Å². The SMILES string of the molecule is N.N.N.O=C(O)C(=O)O.OB(F)F. The Morgan fingerprint density at radius 2 is 1.00 bits per heavy atom. The largest absolute Gasteiger partial charge is 0.718 e.